The number of aryl methyl sites for hydroxylation is 1. The van der Waals surface area contributed by atoms with Crippen LogP contribution in [0, 0.1) is 10.1 Å². The van der Waals surface area contributed by atoms with Crippen molar-refractivity contribution in [1.29, 1.82) is 0 Å². The molecule has 0 aliphatic carbocycles. The number of nitrogens with two attached hydrogens (primary N) is 1. The summed E-state index contributed by atoms with van der Waals surface area (Å²) in [6.45, 7) is 0. The summed E-state index contributed by atoms with van der Waals surface area (Å²) >= 11 is 0.957. The van der Waals surface area contributed by atoms with Gasteiger partial charge in [-0.05, 0) is 36.0 Å². The number of hydrogen-bond donors (Lipinski definition) is 1. The number of hydrogen-bond acceptors (Lipinski definition) is 9. The van der Waals surface area contributed by atoms with Crippen molar-refractivity contribution in [3.05, 3.63) is 70.5 Å². The van der Waals surface area contributed by atoms with Crippen LogP contribution in [0.25, 0.3) is 11.6 Å². The molecule has 0 aliphatic heterocycles. The number of rotatable bonds is 6. The van der Waals surface area contributed by atoms with Gasteiger partial charge in [-0.3, -0.25) is 14.9 Å². The van der Waals surface area contributed by atoms with E-state index in [1.807, 2.05) is 0 Å². The average Bonchev–Trinajstić information content (AvgIpc) is 3.44. The predicted octanol–water partition coefficient (Wildman–Crippen LogP) is 2.28. The van der Waals surface area contributed by atoms with E-state index in [-0.39, 0.29) is 33.0 Å². The van der Waals surface area contributed by atoms with Crippen LogP contribution in [0.5, 0.6) is 0 Å². The lowest BCUT2D eigenvalue weighted by molar-refractivity contribution is -0.387. The van der Waals surface area contributed by atoms with E-state index in [0.29, 0.717) is 5.76 Å². The van der Waals surface area contributed by atoms with Crippen LogP contribution in [-0.4, -0.2) is 35.1 Å². The number of carbonyl (C=O) groups is 1. The average molecular weight is 411 g/mol. The molecule has 0 unspecified atom stereocenters. The summed E-state index contributed by atoms with van der Waals surface area (Å²) in [6.07, 6.45) is 4.58. The molecule has 0 atom stereocenters. The van der Waals surface area contributed by atoms with Crippen molar-refractivity contribution in [2.24, 2.45) is 7.05 Å². The first-order valence-corrected chi connectivity index (χ1v) is 9.00. The van der Waals surface area contributed by atoms with Crippen LogP contribution in [0.2, 0.25) is 0 Å². The van der Waals surface area contributed by atoms with Gasteiger partial charge >= 0.3 is 0 Å². The first-order valence-electron chi connectivity index (χ1n) is 8.18. The quantitative estimate of drug-likeness (QED) is 0.218. The Morgan fingerprint density at radius 2 is 2.14 bits per heavy atom. The van der Waals surface area contributed by atoms with Gasteiger partial charge < -0.3 is 14.8 Å². The maximum absolute atomic E-state index is 12.6. The van der Waals surface area contributed by atoms with Crippen molar-refractivity contribution in [2.45, 2.75) is 10.1 Å². The van der Waals surface area contributed by atoms with Gasteiger partial charge in [0, 0.05) is 31.1 Å². The molecule has 11 nitrogen and oxygen atoms in total. The molecule has 0 radical (unpaired) electrons. The summed E-state index contributed by atoms with van der Waals surface area (Å²) in [5.74, 6) is 6.46. The van der Waals surface area contributed by atoms with E-state index in [9.17, 15) is 14.9 Å². The fraction of sp³-hybridized carbons (Fsp3) is 0.0588. The van der Waals surface area contributed by atoms with Gasteiger partial charge in [-0.15, -0.1) is 10.2 Å². The minimum atomic E-state index is -0.567. The van der Waals surface area contributed by atoms with Gasteiger partial charge in [-0.2, -0.15) is 0 Å². The van der Waals surface area contributed by atoms with Crippen LogP contribution in [0.1, 0.15) is 16.2 Å². The third-order valence-electron chi connectivity index (χ3n) is 4.05. The number of benzene rings is 1. The molecule has 0 aliphatic rings. The molecule has 0 saturated heterocycles. The Morgan fingerprint density at radius 3 is 2.79 bits per heavy atom. The van der Waals surface area contributed by atoms with Crippen LogP contribution in [0.3, 0.4) is 0 Å². The van der Waals surface area contributed by atoms with E-state index in [2.05, 4.69) is 15.2 Å². The fourth-order valence-corrected chi connectivity index (χ4v) is 3.46. The first kappa shape index (κ1) is 18.4. The minimum absolute atomic E-state index is 0.154. The summed E-state index contributed by atoms with van der Waals surface area (Å²) in [5, 5.41) is 19.7. The molecule has 0 saturated carbocycles. The highest BCUT2D eigenvalue weighted by atomic mass is 32.2. The molecule has 0 spiro atoms. The zero-order valence-electron chi connectivity index (χ0n) is 14.9. The molecule has 12 heteroatoms. The minimum Gasteiger partial charge on any atom is -0.461 e. The number of carbonyl (C=O) groups excluding carboxylic acids is 1. The van der Waals surface area contributed by atoms with Gasteiger partial charge in [0.25, 0.3) is 5.69 Å². The summed E-state index contributed by atoms with van der Waals surface area (Å²) in [7, 11) is 1.67. The van der Waals surface area contributed by atoms with E-state index in [0.717, 1.165) is 11.8 Å². The van der Waals surface area contributed by atoms with E-state index >= 15 is 0 Å². The summed E-state index contributed by atoms with van der Waals surface area (Å²) in [4.78, 5) is 27.9. The van der Waals surface area contributed by atoms with Gasteiger partial charge in [-0.1, -0.05) is 0 Å². The maximum atomic E-state index is 12.6. The van der Waals surface area contributed by atoms with Crippen LogP contribution in [-0.2, 0) is 7.05 Å². The highest BCUT2D eigenvalue weighted by Gasteiger charge is 2.23. The molecule has 3 aromatic heterocycles. The van der Waals surface area contributed by atoms with Crippen LogP contribution < -0.4 is 5.84 Å². The monoisotopic (exact) mass is 411 g/mol. The highest BCUT2D eigenvalue weighted by Crippen LogP contribution is 2.35. The van der Waals surface area contributed by atoms with Gasteiger partial charge in [0.1, 0.15) is 0 Å². The van der Waals surface area contributed by atoms with Crippen molar-refractivity contribution in [2.75, 3.05) is 5.84 Å². The number of nitro benzene ring substituents is 1. The second kappa shape index (κ2) is 7.24. The molecule has 3 heterocycles. The summed E-state index contributed by atoms with van der Waals surface area (Å²) < 4.78 is 7.97. The molecule has 1 aromatic carbocycles. The molecule has 29 heavy (non-hydrogen) atoms. The topological polar surface area (TPSA) is 148 Å². The molecule has 2 N–H and O–H groups in total. The Labute approximate surface area is 167 Å². The Kier molecular flexibility index (Phi) is 4.60. The Morgan fingerprint density at radius 1 is 1.31 bits per heavy atom. The van der Waals surface area contributed by atoms with Gasteiger partial charge in [0.15, 0.2) is 11.6 Å². The summed E-state index contributed by atoms with van der Waals surface area (Å²) in [5.41, 5.74) is -0.0987. The zero-order chi connectivity index (χ0) is 20.5. The smallest absolute Gasteiger partial charge is 0.284 e. The standard InChI is InChI=1S/C17H13N7O4S/c1-22-7-6-19-16(22)14(25)10-4-5-13(11(9-10)24(26)27)29-17-21-20-15(23(17)18)12-3-2-8-28-12/h2-9H,18H2,1H3. The Bertz CT molecular complexity index is 1210. The molecular formula is C17H13N7O4S. The predicted molar refractivity (Wildman–Crippen MR) is 102 cm³/mol. The maximum Gasteiger partial charge on any atom is 0.284 e. The third kappa shape index (κ3) is 3.36. The first-order chi connectivity index (χ1) is 14.0. The number of furan rings is 1. The third-order valence-corrected chi connectivity index (χ3v) is 5.08. The zero-order valence-corrected chi connectivity index (χ0v) is 15.7. The van der Waals surface area contributed by atoms with Crippen LogP contribution >= 0.6 is 11.8 Å². The van der Waals surface area contributed by atoms with Crippen molar-refractivity contribution in [3.8, 4) is 11.6 Å². The highest BCUT2D eigenvalue weighted by molar-refractivity contribution is 7.99. The number of nitro groups is 1. The normalized spacial score (nSPS) is 10.9. The lowest BCUT2D eigenvalue weighted by Crippen LogP contribution is -2.11. The molecule has 4 aromatic rings. The van der Waals surface area contributed by atoms with Crippen molar-refractivity contribution in [1.82, 2.24) is 24.4 Å². The SMILES string of the molecule is Cn1ccnc1C(=O)c1ccc(Sc2nnc(-c3ccco3)n2N)c([N+](=O)[O-])c1. The van der Waals surface area contributed by atoms with E-state index in [4.69, 9.17) is 10.3 Å². The van der Waals surface area contributed by atoms with Gasteiger partial charge in [-0.25, -0.2) is 9.66 Å². The number of aromatic nitrogens is 5. The molecule has 0 fully saturated rings. The molecule has 0 amide bonds. The van der Waals surface area contributed by atoms with E-state index in [1.54, 1.807) is 29.9 Å². The number of nitrogens with zero attached hydrogens (tertiary/aromatic N) is 6. The van der Waals surface area contributed by atoms with Crippen LogP contribution in [0.4, 0.5) is 5.69 Å². The number of imidazole rings is 1. The second-order valence-corrected chi connectivity index (χ2v) is 6.90. The lowest BCUT2D eigenvalue weighted by Gasteiger charge is -2.06. The number of ketones is 1. The molecule has 0 bridgehead atoms. The Hall–Kier alpha value is -3.93. The molecule has 146 valence electrons. The van der Waals surface area contributed by atoms with Gasteiger partial charge in [0.05, 0.1) is 16.1 Å². The van der Waals surface area contributed by atoms with E-state index in [1.165, 1.54) is 35.3 Å². The van der Waals surface area contributed by atoms with Crippen molar-refractivity contribution >= 4 is 23.2 Å². The molecule has 4 rings (SSSR count). The molecular weight excluding hydrogens is 398 g/mol. The van der Waals surface area contributed by atoms with E-state index < -0.39 is 10.7 Å². The lowest BCUT2D eigenvalue weighted by atomic mass is 10.1. The Balaban J connectivity index is 1.67. The summed E-state index contributed by atoms with van der Waals surface area (Å²) in [6, 6.07) is 7.53. The fourth-order valence-electron chi connectivity index (χ4n) is 2.62. The van der Waals surface area contributed by atoms with Crippen molar-refractivity contribution < 1.29 is 14.1 Å². The number of nitrogen functional groups attached to an aromatic ring is 1. The largest absolute Gasteiger partial charge is 0.461 e. The van der Waals surface area contributed by atoms with Gasteiger partial charge in [0.2, 0.25) is 16.8 Å². The van der Waals surface area contributed by atoms with Crippen molar-refractivity contribution in [3.63, 3.8) is 0 Å². The van der Waals surface area contributed by atoms with Crippen LogP contribution in [0.15, 0.2) is 63.5 Å². The second-order valence-electron chi connectivity index (χ2n) is 5.89.